The van der Waals surface area contributed by atoms with Crippen molar-refractivity contribution in [2.45, 2.75) is 63.8 Å². The van der Waals surface area contributed by atoms with Crippen LogP contribution >= 0.6 is 0 Å². The first-order chi connectivity index (χ1) is 7.70. The highest BCUT2D eigenvalue weighted by molar-refractivity contribution is 4.88. The molecule has 2 saturated heterocycles. The maximum absolute atomic E-state index is 5.40. The van der Waals surface area contributed by atoms with Crippen LogP contribution in [0.4, 0.5) is 0 Å². The van der Waals surface area contributed by atoms with Gasteiger partial charge in [-0.25, -0.2) is 0 Å². The van der Waals surface area contributed by atoms with Gasteiger partial charge < -0.3 is 10.1 Å². The molecular formula is C13H26N2O. The second kappa shape index (κ2) is 5.48. The Balaban J connectivity index is 1.83. The Hall–Kier alpha value is -0.120. The van der Waals surface area contributed by atoms with Gasteiger partial charge in [-0.1, -0.05) is 6.42 Å². The zero-order valence-electron chi connectivity index (χ0n) is 10.9. The number of hydrogen-bond acceptors (Lipinski definition) is 3. The first-order valence-electron chi connectivity index (χ1n) is 6.72. The van der Waals surface area contributed by atoms with E-state index in [1.54, 1.807) is 0 Å². The molecule has 16 heavy (non-hydrogen) atoms. The fraction of sp³-hybridized carbons (Fsp3) is 1.00. The highest BCUT2D eigenvalue weighted by atomic mass is 16.5. The van der Waals surface area contributed by atoms with E-state index < -0.39 is 0 Å². The van der Waals surface area contributed by atoms with Gasteiger partial charge in [-0.05, 0) is 33.1 Å². The SMILES string of the molecule is COC1CNC(CN2[C@H](C)CCC[C@@H]2C)C1. The number of rotatable bonds is 3. The summed E-state index contributed by atoms with van der Waals surface area (Å²) in [6, 6.07) is 2.15. The van der Waals surface area contributed by atoms with Crippen LogP contribution in [0, 0.1) is 0 Å². The summed E-state index contributed by atoms with van der Waals surface area (Å²) in [6.45, 7) is 6.97. The standard InChI is InChI=1S/C13H26N2O/c1-10-5-4-6-11(2)15(10)9-12-7-13(16-3)8-14-12/h10-14H,4-9H2,1-3H3/t10-,11+,12?,13?. The lowest BCUT2D eigenvalue weighted by molar-refractivity contribution is 0.0860. The van der Waals surface area contributed by atoms with Crippen molar-refractivity contribution in [1.82, 2.24) is 10.2 Å². The molecule has 0 spiro atoms. The van der Waals surface area contributed by atoms with E-state index in [9.17, 15) is 0 Å². The maximum atomic E-state index is 5.40. The van der Waals surface area contributed by atoms with Crippen molar-refractivity contribution >= 4 is 0 Å². The van der Waals surface area contributed by atoms with Crippen LogP contribution in [0.5, 0.6) is 0 Å². The van der Waals surface area contributed by atoms with Crippen molar-refractivity contribution in [3.8, 4) is 0 Å². The Labute approximate surface area is 99.5 Å². The molecular weight excluding hydrogens is 200 g/mol. The molecule has 0 aliphatic carbocycles. The molecule has 0 radical (unpaired) electrons. The Morgan fingerprint density at radius 2 is 1.94 bits per heavy atom. The Morgan fingerprint density at radius 1 is 1.25 bits per heavy atom. The third-order valence-corrected chi connectivity index (χ3v) is 4.32. The van der Waals surface area contributed by atoms with Crippen molar-refractivity contribution in [3.63, 3.8) is 0 Å². The van der Waals surface area contributed by atoms with Crippen molar-refractivity contribution in [2.24, 2.45) is 0 Å². The number of nitrogens with one attached hydrogen (secondary N) is 1. The van der Waals surface area contributed by atoms with E-state index in [0.717, 1.165) is 18.6 Å². The molecule has 0 aromatic rings. The van der Waals surface area contributed by atoms with Gasteiger partial charge in [-0.3, -0.25) is 4.90 Å². The van der Waals surface area contributed by atoms with Crippen molar-refractivity contribution < 1.29 is 4.74 Å². The van der Waals surface area contributed by atoms with Crippen LogP contribution in [0.15, 0.2) is 0 Å². The smallest absolute Gasteiger partial charge is 0.0711 e. The van der Waals surface area contributed by atoms with Crippen molar-refractivity contribution in [1.29, 1.82) is 0 Å². The maximum Gasteiger partial charge on any atom is 0.0711 e. The predicted octanol–water partition coefficient (Wildman–Crippen LogP) is 1.63. The summed E-state index contributed by atoms with van der Waals surface area (Å²) in [4.78, 5) is 2.68. The quantitative estimate of drug-likeness (QED) is 0.791. The molecule has 4 atom stereocenters. The van der Waals surface area contributed by atoms with E-state index in [1.165, 1.54) is 32.2 Å². The van der Waals surface area contributed by atoms with Gasteiger partial charge in [0, 0.05) is 38.3 Å². The molecule has 0 amide bonds. The molecule has 3 nitrogen and oxygen atoms in total. The van der Waals surface area contributed by atoms with Crippen LogP contribution < -0.4 is 5.32 Å². The lowest BCUT2D eigenvalue weighted by Crippen LogP contribution is -2.49. The molecule has 0 saturated carbocycles. The largest absolute Gasteiger partial charge is 0.380 e. The number of hydrogen-bond donors (Lipinski definition) is 1. The van der Waals surface area contributed by atoms with Crippen LogP contribution in [0.2, 0.25) is 0 Å². The molecule has 0 aromatic carbocycles. The van der Waals surface area contributed by atoms with Crippen LogP contribution in [0.25, 0.3) is 0 Å². The molecule has 3 heteroatoms. The molecule has 0 bridgehead atoms. The fourth-order valence-electron chi connectivity index (χ4n) is 3.19. The fourth-order valence-corrected chi connectivity index (χ4v) is 3.19. The number of ether oxygens (including phenoxy) is 1. The second-order valence-electron chi connectivity index (χ2n) is 5.52. The summed E-state index contributed by atoms with van der Waals surface area (Å²) >= 11 is 0. The first-order valence-corrected chi connectivity index (χ1v) is 6.72. The molecule has 2 aliphatic heterocycles. The van der Waals surface area contributed by atoms with Crippen LogP contribution in [0.1, 0.15) is 39.5 Å². The van der Waals surface area contributed by atoms with Crippen LogP contribution in [-0.2, 0) is 4.74 Å². The average Bonchev–Trinajstić information content (AvgIpc) is 2.71. The zero-order chi connectivity index (χ0) is 11.5. The van der Waals surface area contributed by atoms with Gasteiger partial charge in [0.05, 0.1) is 6.10 Å². The normalized spacial score (nSPS) is 41.4. The van der Waals surface area contributed by atoms with Gasteiger partial charge in [0.25, 0.3) is 0 Å². The predicted molar refractivity (Wildman–Crippen MR) is 66.7 cm³/mol. The number of methoxy groups -OCH3 is 1. The lowest BCUT2D eigenvalue weighted by atomic mass is 9.96. The molecule has 94 valence electrons. The summed E-state index contributed by atoms with van der Waals surface area (Å²) in [7, 11) is 1.82. The Kier molecular flexibility index (Phi) is 4.22. The highest BCUT2D eigenvalue weighted by Gasteiger charge is 2.30. The third kappa shape index (κ3) is 2.76. The molecule has 2 fully saturated rings. The number of piperidine rings is 1. The van der Waals surface area contributed by atoms with E-state index in [4.69, 9.17) is 4.74 Å². The van der Waals surface area contributed by atoms with E-state index in [1.807, 2.05) is 7.11 Å². The molecule has 2 unspecified atom stereocenters. The number of likely N-dealkylation sites (tertiary alicyclic amines) is 1. The second-order valence-corrected chi connectivity index (χ2v) is 5.52. The lowest BCUT2D eigenvalue weighted by Gasteiger charge is -2.40. The van der Waals surface area contributed by atoms with Gasteiger partial charge in [-0.2, -0.15) is 0 Å². The molecule has 0 aromatic heterocycles. The first kappa shape index (κ1) is 12.3. The van der Waals surface area contributed by atoms with Crippen LogP contribution in [0.3, 0.4) is 0 Å². The minimum Gasteiger partial charge on any atom is -0.380 e. The van der Waals surface area contributed by atoms with Crippen LogP contribution in [-0.4, -0.2) is 49.3 Å². The average molecular weight is 226 g/mol. The van der Waals surface area contributed by atoms with E-state index in [0.29, 0.717) is 12.1 Å². The Bertz CT molecular complexity index is 212. The van der Waals surface area contributed by atoms with E-state index in [2.05, 4.69) is 24.1 Å². The van der Waals surface area contributed by atoms with Gasteiger partial charge in [0.1, 0.15) is 0 Å². The van der Waals surface area contributed by atoms with Gasteiger partial charge in [0.2, 0.25) is 0 Å². The third-order valence-electron chi connectivity index (χ3n) is 4.32. The zero-order valence-corrected chi connectivity index (χ0v) is 10.9. The summed E-state index contributed by atoms with van der Waals surface area (Å²) in [5.41, 5.74) is 0. The van der Waals surface area contributed by atoms with Gasteiger partial charge in [0.15, 0.2) is 0 Å². The molecule has 1 N–H and O–H groups in total. The van der Waals surface area contributed by atoms with Gasteiger partial charge >= 0.3 is 0 Å². The van der Waals surface area contributed by atoms with Crippen molar-refractivity contribution in [3.05, 3.63) is 0 Å². The number of nitrogens with zero attached hydrogens (tertiary/aromatic N) is 1. The minimum absolute atomic E-state index is 0.431. The summed E-state index contributed by atoms with van der Waals surface area (Å²) in [5, 5.41) is 3.58. The summed E-state index contributed by atoms with van der Waals surface area (Å²) < 4.78 is 5.40. The minimum atomic E-state index is 0.431. The Morgan fingerprint density at radius 3 is 2.50 bits per heavy atom. The van der Waals surface area contributed by atoms with Gasteiger partial charge in [-0.15, -0.1) is 0 Å². The summed E-state index contributed by atoms with van der Waals surface area (Å²) in [6.07, 6.45) is 5.74. The summed E-state index contributed by atoms with van der Waals surface area (Å²) in [5.74, 6) is 0. The van der Waals surface area contributed by atoms with E-state index in [-0.39, 0.29) is 0 Å². The molecule has 2 heterocycles. The van der Waals surface area contributed by atoms with E-state index >= 15 is 0 Å². The molecule has 2 rings (SSSR count). The monoisotopic (exact) mass is 226 g/mol. The van der Waals surface area contributed by atoms with Crippen molar-refractivity contribution in [2.75, 3.05) is 20.2 Å². The topological polar surface area (TPSA) is 24.5 Å². The highest BCUT2D eigenvalue weighted by Crippen LogP contribution is 2.24. The molecule has 2 aliphatic rings.